The number of fused-ring (bicyclic) bond motifs is 1. The molecular weight excluding hydrogens is 590 g/mol. The second-order valence-electron chi connectivity index (χ2n) is 10.4. The van der Waals surface area contributed by atoms with E-state index in [4.69, 9.17) is 21.7 Å². The van der Waals surface area contributed by atoms with E-state index in [1.807, 2.05) is 30.1 Å². The quantitative estimate of drug-likeness (QED) is 0.166. The van der Waals surface area contributed by atoms with Crippen LogP contribution in [-0.4, -0.2) is 85.1 Å². The molecule has 1 atom stereocenters. The number of ether oxygens (including phenoxy) is 1. The minimum atomic E-state index is -4.14. The molecule has 0 aliphatic carbocycles. The number of carbonyl (C=O) groups is 2. The number of likely N-dealkylation sites (N-methyl/N-ethyl adjacent to an activating group) is 1. The largest absolute Gasteiger partial charge is 0.467 e. The molecule has 1 aliphatic rings. The fourth-order valence-corrected chi connectivity index (χ4v) is 6.68. The first kappa shape index (κ1) is 30.3. The molecule has 4 aromatic rings. The Morgan fingerprint density at radius 3 is 2.49 bits per heavy atom. The Balaban J connectivity index is 1.28. The van der Waals surface area contributed by atoms with Crippen LogP contribution in [0.25, 0.3) is 10.9 Å². The lowest BCUT2D eigenvalue weighted by molar-refractivity contribution is -0.157. The molecule has 1 fully saturated rings. The number of amides is 1. The molecule has 2 N–H and O–H groups in total. The number of piperazine rings is 1. The molecule has 12 heteroatoms. The number of methoxy groups -OCH3 is 1. The average molecular weight is 622 g/mol. The number of hydrogen-bond acceptors (Lipinski definition) is 6. The van der Waals surface area contributed by atoms with E-state index >= 15 is 0 Å². The number of H-pyrrole nitrogens is 1. The van der Waals surface area contributed by atoms with Crippen molar-refractivity contribution < 1.29 is 22.7 Å². The predicted octanol–water partition coefficient (Wildman–Crippen LogP) is 3.90. The SMILES string of the molecule is COC(=O)[C@H]1CN(S(=O)(=O)c2cc3cc(Cl)ccc3[nH]2)CC(=O)N1Cc1ccc(C(=N)N(C)CCc2ccccc2)cc1. The third-order valence-electron chi connectivity index (χ3n) is 7.57. The highest BCUT2D eigenvalue weighted by Crippen LogP contribution is 2.27. The van der Waals surface area contributed by atoms with Gasteiger partial charge in [0.1, 0.15) is 16.9 Å². The van der Waals surface area contributed by atoms with E-state index < -0.39 is 34.5 Å². The fourth-order valence-electron chi connectivity index (χ4n) is 5.08. The van der Waals surface area contributed by atoms with Gasteiger partial charge in [-0.3, -0.25) is 10.2 Å². The second kappa shape index (κ2) is 12.6. The summed E-state index contributed by atoms with van der Waals surface area (Å²) in [4.78, 5) is 32.2. The number of carbonyl (C=O) groups excluding carboxylic acids is 2. The van der Waals surface area contributed by atoms with Gasteiger partial charge in [-0.2, -0.15) is 4.31 Å². The fraction of sp³-hybridized carbons (Fsp3) is 0.258. The standard InChI is InChI=1S/C31H32ClN5O5S/c1-35(15-14-21-6-4-3-5-7-21)30(33)23-10-8-22(9-11-23)18-37-27(31(39)42-2)19-36(20-29(37)38)43(40,41)28-17-24-16-25(32)12-13-26(24)34-28/h3-13,16-17,27,33-34H,14-15,18-20H2,1-2H3/t27-/m1/s1. The summed E-state index contributed by atoms with van der Waals surface area (Å²) in [6.45, 7) is 0.0703. The predicted molar refractivity (Wildman–Crippen MR) is 164 cm³/mol. The van der Waals surface area contributed by atoms with Gasteiger partial charge < -0.3 is 19.5 Å². The van der Waals surface area contributed by atoms with Gasteiger partial charge in [0.2, 0.25) is 5.91 Å². The first-order valence-corrected chi connectivity index (χ1v) is 15.5. The molecule has 2 heterocycles. The average Bonchev–Trinajstić information content (AvgIpc) is 3.45. The van der Waals surface area contributed by atoms with Crippen molar-refractivity contribution in [1.29, 1.82) is 5.41 Å². The van der Waals surface area contributed by atoms with Gasteiger partial charge in [-0.1, -0.05) is 66.2 Å². The van der Waals surface area contributed by atoms with Crippen LogP contribution in [0.4, 0.5) is 0 Å². The van der Waals surface area contributed by atoms with E-state index in [0.717, 1.165) is 16.3 Å². The van der Waals surface area contributed by atoms with Gasteiger partial charge in [0, 0.05) is 48.2 Å². The highest BCUT2D eigenvalue weighted by Gasteiger charge is 2.42. The number of aromatic amines is 1. The minimum absolute atomic E-state index is 0.0782. The zero-order valence-corrected chi connectivity index (χ0v) is 25.4. The minimum Gasteiger partial charge on any atom is -0.467 e. The summed E-state index contributed by atoms with van der Waals surface area (Å²) in [5, 5.41) is 9.57. The topological polar surface area (TPSA) is 127 Å². The van der Waals surface area contributed by atoms with Crippen molar-refractivity contribution in [3.05, 3.63) is 101 Å². The maximum atomic E-state index is 13.5. The van der Waals surface area contributed by atoms with E-state index in [0.29, 0.717) is 33.9 Å². The Bertz CT molecular complexity index is 1760. The van der Waals surface area contributed by atoms with Crippen LogP contribution in [0.5, 0.6) is 0 Å². The van der Waals surface area contributed by atoms with E-state index in [-0.39, 0.29) is 18.1 Å². The van der Waals surface area contributed by atoms with Crippen molar-refractivity contribution >= 4 is 50.2 Å². The van der Waals surface area contributed by atoms with Crippen LogP contribution in [0.15, 0.2) is 83.9 Å². The Hall–Kier alpha value is -4.19. The zero-order valence-electron chi connectivity index (χ0n) is 23.8. The molecule has 3 aromatic carbocycles. The molecule has 0 radical (unpaired) electrons. The summed E-state index contributed by atoms with van der Waals surface area (Å²) in [6.07, 6.45) is 0.811. The van der Waals surface area contributed by atoms with Gasteiger partial charge in [0.15, 0.2) is 0 Å². The van der Waals surface area contributed by atoms with Gasteiger partial charge in [-0.25, -0.2) is 13.2 Å². The van der Waals surface area contributed by atoms with Crippen molar-refractivity contribution in [2.24, 2.45) is 0 Å². The summed E-state index contributed by atoms with van der Waals surface area (Å²) in [7, 11) is -1.06. The molecule has 1 aliphatic heterocycles. The summed E-state index contributed by atoms with van der Waals surface area (Å²) >= 11 is 6.05. The normalized spacial score (nSPS) is 15.9. The Kier molecular flexibility index (Phi) is 8.86. The lowest BCUT2D eigenvalue weighted by Gasteiger charge is -2.38. The third kappa shape index (κ3) is 6.58. The number of nitrogens with one attached hydrogen (secondary N) is 2. The van der Waals surface area contributed by atoms with Crippen LogP contribution in [0.1, 0.15) is 16.7 Å². The van der Waals surface area contributed by atoms with Gasteiger partial charge in [-0.05, 0) is 41.8 Å². The highest BCUT2D eigenvalue weighted by molar-refractivity contribution is 7.89. The highest BCUT2D eigenvalue weighted by atomic mass is 35.5. The Morgan fingerprint density at radius 1 is 1.07 bits per heavy atom. The lowest BCUT2D eigenvalue weighted by Crippen LogP contribution is -2.60. The summed E-state index contributed by atoms with van der Waals surface area (Å²) < 4.78 is 33.0. The summed E-state index contributed by atoms with van der Waals surface area (Å²) in [5.41, 5.74) is 3.22. The van der Waals surface area contributed by atoms with E-state index in [9.17, 15) is 18.0 Å². The number of hydrogen-bond donors (Lipinski definition) is 2. The van der Waals surface area contributed by atoms with Crippen molar-refractivity contribution in [3.63, 3.8) is 0 Å². The summed E-state index contributed by atoms with van der Waals surface area (Å²) in [6, 6.07) is 22.6. The van der Waals surface area contributed by atoms with Crippen LogP contribution in [0.3, 0.4) is 0 Å². The number of halogens is 1. The molecule has 43 heavy (non-hydrogen) atoms. The number of benzene rings is 3. The number of amidine groups is 1. The molecule has 1 amide bonds. The number of rotatable bonds is 9. The maximum absolute atomic E-state index is 13.5. The number of sulfonamides is 1. The molecule has 0 spiro atoms. The molecule has 224 valence electrons. The van der Waals surface area contributed by atoms with Crippen molar-refractivity contribution in [2.45, 2.75) is 24.0 Å². The van der Waals surface area contributed by atoms with Gasteiger partial charge in [-0.15, -0.1) is 0 Å². The van der Waals surface area contributed by atoms with Crippen molar-refractivity contribution in [3.8, 4) is 0 Å². The van der Waals surface area contributed by atoms with Crippen LogP contribution in [0, 0.1) is 5.41 Å². The van der Waals surface area contributed by atoms with Crippen LogP contribution in [-0.2, 0) is 37.3 Å². The van der Waals surface area contributed by atoms with Crippen LogP contribution < -0.4 is 0 Å². The summed E-state index contributed by atoms with van der Waals surface area (Å²) in [5.74, 6) is -0.874. The van der Waals surface area contributed by atoms with E-state index in [2.05, 4.69) is 17.1 Å². The van der Waals surface area contributed by atoms with Gasteiger partial charge in [0.05, 0.1) is 13.7 Å². The lowest BCUT2D eigenvalue weighted by atomic mass is 10.1. The monoisotopic (exact) mass is 621 g/mol. The van der Waals surface area contributed by atoms with Gasteiger partial charge in [0.25, 0.3) is 10.0 Å². The molecule has 1 saturated heterocycles. The first-order valence-electron chi connectivity index (χ1n) is 13.7. The number of nitrogens with zero attached hydrogens (tertiary/aromatic N) is 3. The molecule has 0 saturated carbocycles. The van der Waals surface area contributed by atoms with Crippen LogP contribution in [0.2, 0.25) is 5.02 Å². The number of aromatic nitrogens is 1. The molecular formula is C31H32ClN5O5S. The van der Waals surface area contributed by atoms with Crippen molar-refractivity contribution in [1.82, 2.24) is 19.1 Å². The van der Waals surface area contributed by atoms with E-state index in [1.54, 1.807) is 42.5 Å². The molecule has 0 bridgehead atoms. The van der Waals surface area contributed by atoms with Crippen LogP contribution >= 0.6 is 11.6 Å². The van der Waals surface area contributed by atoms with E-state index in [1.165, 1.54) is 23.6 Å². The molecule has 1 aromatic heterocycles. The first-order chi connectivity index (χ1) is 20.6. The zero-order chi connectivity index (χ0) is 30.7. The Labute approximate surface area is 255 Å². The maximum Gasteiger partial charge on any atom is 0.329 e. The Morgan fingerprint density at radius 2 is 1.79 bits per heavy atom. The second-order valence-corrected chi connectivity index (χ2v) is 12.8. The van der Waals surface area contributed by atoms with Gasteiger partial charge >= 0.3 is 5.97 Å². The molecule has 10 nitrogen and oxygen atoms in total. The third-order valence-corrected chi connectivity index (χ3v) is 9.54. The van der Waals surface area contributed by atoms with Crippen molar-refractivity contribution in [2.75, 3.05) is 33.8 Å². The molecule has 0 unspecified atom stereocenters. The molecule has 5 rings (SSSR count). The number of esters is 1. The smallest absolute Gasteiger partial charge is 0.329 e.